The van der Waals surface area contributed by atoms with Gasteiger partial charge < -0.3 is 9.47 Å². The molecule has 2 heterocycles. The lowest BCUT2D eigenvalue weighted by molar-refractivity contribution is 0.361. The molecule has 4 rings (SSSR count). The number of fused-ring (bicyclic) bond motifs is 1. The Morgan fingerprint density at radius 3 is 1.25 bits per heavy atom. The molecule has 20 heavy (non-hydrogen) atoms. The first-order chi connectivity index (χ1) is 9.97. The molecule has 0 saturated carbocycles. The Kier molecular flexibility index (Phi) is 6.11. The number of hydrogen-bond donors (Lipinski definition) is 0. The molecule has 0 radical (unpaired) electrons. The van der Waals surface area contributed by atoms with Crippen LogP contribution in [0.15, 0.2) is 58.5 Å². The highest BCUT2D eigenvalue weighted by atomic mass is 16.5. The van der Waals surface area contributed by atoms with Gasteiger partial charge in [0.1, 0.15) is 13.2 Å². The van der Waals surface area contributed by atoms with E-state index in [0.717, 1.165) is 26.3 Å². The zero-order chi connectivity index (χ0) is 13.9. The predicted molar refractivity (Wildman–Crippen MR) is 82.6 cm³/mol. The van der Waals surface area contributed by atoms with Crippen LogP contribution in [0.5, 0.6) is 0 Å². The minimum Gasteiger partial charge on any atom is -0.482 e. The van der Waals surface area contributed by atoms with Crippen molar-refractivity contribution in [2.75, 3.05) is 26.3 Å². The molecule has 0 amide bonds. The molecule has 0 N–H and O–H groups in total. The molecule has 0 aromatic heterocycles. The maximum Gasteiger partial charge on any atom is 0.169 e. The summed E-state index contributed by atoms with van der Waals surface area (Å²) < 4.78 is 9.31. The number of nitrogens with zero attached hydrogens (tertiary/aromatic N) is 2. The summed E-state index contributed by atoms with van der Waals surface area (Å²) in [6.07, 6.45) is 2.97. The first kappa shape index (κ1) is 14.1. The quantitative estimate of drug-likeness (QED) is 0.738. The van der Waals surface area contributed by atoms with Gasteiger partial charge in [-0.25, -0.2) is 0 Å². The van der Waals surface area contributed by atoms with Gasteiger partial charge in [0.15, 0.2) is 12.8 Å². The standard InChI is InChI=1S/C10H8.2C3H5NO/c1-2-6-10-8-4-3-7-9(10)5-1;2*1-2-5-3-4-1/h1-8H;2*3H,1-2H2. The Morgan fingerprint density at radius 1 is 0.650 bits per heavy atom. The zero-order valence-corrected chi connectivity index (χ0v) is 11.3. The summed E-state index contributed by atoms with van der Waals surface area (Å²) in [5.41, 5.74) is 0. The maximum atomic E-state index is 4.65. The summed E-state index contributed by atoms with van der Waals surface area (Å²) in [5, 5.41) is 2.62. The van der Waals surface area contributed by atoms with E-state index in [-0.39, 0.29) is 0 Å². The summed E-state index contributed by atoms with van der Waals surface area (Å²) in [4.78, 5) is 7.47. The van der Waals surface area contributed by atoms with Crippen molar-refractivity contribution in [3.63, 3.8) is 0 Å². The molecule has 0 aliphatic carbocycles. The molecule has 0 spiro atoms. The third kappa shape index (κ3) is 5.10. The first-order valence-electron chi connectivity index (χ1n) is 6.60. The molecular formula is C16H18N2O2. The molecule has 2 aliphatic rings. The van der Waals surface area contributed by atoms with Crippen LogP contribution in [-0.2, 0) is 9.47 Å². The Bertz CT molecular complexity index is 474. The Balaban J connectivity index is 0.000000124. The van der Waals surface area contributed by atoms with Crippen LogP contribution < -0.4 is 0 Å². The van der Waals surface area contributed by atoms with E-state index in [4.69, 9.17) is 0 Å². The summed E-state index contributed by atoms with van der Waals surface area (Å²) in [6, 6.07) is 16.7. The molecule has 2 aliphatic heterocycles. The van der Waals surface area contributed by atoms with Crippen LogP contribution in [0.2, 0.25) is 0 Å². The number of rotatable bonds is 0. The van der Waals surface area contributed by atoms with Gasteiger partial charge in [-0.1, -0.05) is 48.5 Å². The average Bonchev–Trinajstić information content (AvgIpc) is 3.25. The minimum atomic E-state index is 0.778. The van der Waals surface area contributed by atoms with Crippen LogP contribution in [0.25, 0.3) is 10.8 Å². The third-order valence-electron chi connectivity index (χ3n) is 2.63. The molecule has 0 bridgehead atoms. The summed E-state index contributed by atoms with van der Waals surface area (Å²) >= 11 is 0. The molecule has 0 atom stereocenters. The summed E-state index contributed by atoms with van der Waals surface area (Å²) in [6.45, 7) is 3.25. The predicted octanol–water partition coefficient (Wildman–Crippen LogP) is 2.93. The lowest BCUT2D eigenvalue weighted by Crippen LogP contribution is -1.80. The molecular weight excluding hydrogens is 252 g/mol. The molecule has 104 valence electrons. The Morgan fingerprint density at radius 2 is 1.05 bits per heavy atom. The van der Waals surface area contributed by atoms with Crippen LogP contribution in [0, 0.1) is 0 Å². The lowest BCUT2D eigenvalue weighted by atomic mass is 10.1. The fourth-order valence-corrected chi connectivity index (χ4v) is 1.66. The van der Waals surface area contributed by atoms with Crippen molar-refractivity contribution in [2.45, 2.75) is 0 Å². The highest BCUT2D eigenvalue weighted by molar-refractivity contribution is 5.81. The minimum absolute atomic E-state index is 0.778. The van der Waals surface area contributed by atoms with Crippen LogP contribution in [0.1, 0.15) is 0 Å². The van der Waals surface area contributed by atoms with Gasteiger partial charge in [-0.05, 0) is 10.8 Å². The van der Waals surface area contributed by atoms with Gasteiger partial charge >= 0.3 is 0 Å². The van der Waals surface area contributed by atoms with Gasteiger partial charge in [0.2, 0.25) is 0 Å². The monoisotopic (exact) mass is 270 g/mol. The second-order valence-electron chi connectivity index (χ2n) is 4.11. The SMILES string of the molecule is C1=NCCO1.C1=NCCO1.c1ccc2ccccc2c1. The fraction of sp³-hybridized carbons (Fsp3) is 0.250. The number of ether oxygens (including phenoxy) is 2. The first-order valence-corrected chi connectivity index (χ1v) is 6.60. The van der Waals surface area contributed by atoms with E-state index >= 15 is 0 Å². The normalized spacial score (nSPS) is 14.6. The summed E-state index contributed by atoms with van der Waals surface area (Å²) in [7, 11) is 0. The number of hydrogen-bond acceptors (Lipinski definition) is 4. The van der Waals surface area contributed by atoms with Crippen molar-refractivity contribution in [3.05, 3.63) is 48.5 Å². The Labute approximate surface area is 118 Å². The fourth-order valence-electron chi connectivity index (χ4n) is 1.66. The van der Waals surface area contributed by atoms with E-state index in [1.54, 1.807) is 0 Å². The van der Waals surface area contributed by atoms with E-state index < -0.39 is 0 Å². The lowest BCUT2D eigenvalue weighted by Gasteiger charge is -1.92. The second-order valence-corrected chi connectivity index (χ2v) is 4.11. The smallest absolute Gasteiger partial charge is 0.169 e. The number of benzene rings is 2. The van der Waals surface area contributed by atoms with Crippen molar-refractivity contribution in [1.82, 2.24) is 0 Å². The topological polar surface area (TPSA) is 43.2 Å². The summed E-state index contributed by atoms with van der Waals surface area (Å²) in [5.74, 6) is 0. The van der Waals surface area contributed by atoms with Crippen LogP contribution >= 0.6 is 0 Å². The van der Waals surface area contributed by atoms with E-state index in [9.17, 15) is 0 Å². The third-order valence-corrected chi connectivity index (χ3v) is 2.63. The van der Waals surface area contributed by atoms with E-state index in [1.165, 1.54) is 23.6 Å². The molecule has 2 aromatic rings. The molecule has 0 saturated heterocycles. The van der Waals surface area contributed by atoms with Gasteiger partial charge in [-0.3, -0.25) is 9.98 Å². The largest absolute Gasteiger partial charge is 0.482 e. The van der Waals surface area contributed by atoms with E-state index in [1.807, 2.05) is 0 Å². The number of aliphatic imine (C=N–C) groups is 2. The molecule has 4 heteroatoms. The van der Waals surface area contributed by atoms with Gasteiger partial charge in [0, 0.05) is 0 Å². The van der Waals surface area contributed by atoms with Crippen molar-refractivity contribution >= 4 is 23.6 Å². The Hall–Kier alpha value is -2.36. The average molecular weight is 270 g/mol. The van der Waals surface area contributed by atoms with Crippen LogP contribution in [0.4, 0.5) is 0 Å². The van der Waals surface area contributed by atoms with Gasteiger partial charge in [0.25, 0.3) is 0 Å². The van der Waals surface area contributed by atoms with Gasteiger partial charge in [0.05, 0.1) is 13.1 Å². The molecule has 0 unspecified atom stereocenters. The van der Waals surface area contributed by atoms with Crippen molar-refractivity contribution in [2.24, 2.45) is 9.98 Å². The van der Waals surface area contributed by atoms with Gasteiger partial charge in [-0.15, -0.1) is 0 Å². The zero-order valence-electron chi connectivity index (χ0n) is 11.3. The second kappa shape index (κ2) is 8.69. The van der Waals surface area contributed by atoms with Crippen LogP contribution in [0.3, 0.4) is 0 Å². The van der Waals surface area contributed by atoms with E-state index in [0.29, 0.717) is 0 Å². The van der Waals surface area contributed by atoms with Crippen molar-refractivity contribution < 1.29 is 9.47 Å². The molecule has 0 fully saturated rings. The highest BCUT2D eigenvalue weighted by Crippen LogP contribution is 2.11. The van der Waals surface area contributed by atoms with Crippen LogP contribution in [-0.4, -0.2) is 39.1 Å². The highest BCUT2D eigenvalue weighted by Gasteiger charge is 1.86. The maximum absolute atomic E-state index is 4.65. The van der Waals surface area contributed by atoms with Crippen molar-refractivity contribution in [3.8, 4) is 0 Å². The van der Waals surface area contributed by atoms with Gasteiger partial charge in [-0.2, -0.15) is 0 Å². The molecule has 2 aromatic carbocycles. The van der Waals surface area contributed by atoms with Crippen molar-refractivity contribution in [1.29, 1.82) is 0 Å². The van der Waals surface area contributed by atoms with E-state index in [2.05, 4.69) is 68.0 Å². The molecule has 4 nitrogen and oxygen atoms in total.